The van der Waals surface area contributed by atoms with Crippen LogP contribution in [0, 0.1) is 0 Å². The van der Waals surface area contributed by atoms with Gasteiger partial charge in [-0.05, 0) is 0 Å². The second kappa shape index (κ2) is 3.28. The highest BCUT2D eigenvalue weighted by atomic mass is 32.1. The highest BCUT2D eigenvalue weighted by molar-refractivity contribution is 7.07. The molecule has 2 N–H and O–H groups in total. The number of carbonyl (C=O) groups is 1. The zero-order chi connectivity index (χ0) is 7.40. The Labute approximate surface area is 61.6 Å². The fourth-order valence-electron chi connectivity index (χ4n) is 0.410. The van der Waals surface area contributed by atoms with Crippen molar-refractivity contribution in [2.75, 3.05) is 6.54 Å². The van der Waals surface area contributed by atoms with Crippen LogP contribution < -0.4 is 10.5 Å². The van der Waals surface area contributed by atoms with Gasteiger partial charge in [0, 0.05) is 0 Å². The van der Waals surface area contributed by atoms with Gasteiger partial charge in [-0.25, -0.2) is 4.98 Å². The topological polar surface area (TPSA) is 65.2 Å². The summed E-state index contributed by atoms with van der Waals surface area (Å²) in [6.45, 7) is -0.114. The number of aromatic nitrogens is 1. The minimum atomic E-state index is -0.467. The second-order valence-corrected chi connectivity index (χ2v) is 2.22. The largest absolute Gasteiger partial charge is 0.406 e. The zero-order valence-corrected chi connectivity index (χ0v) is 5.93. The van der Waals surface area contributed by atoms with Crippen molar-refractivity contribution < 1.29 is 9.53 Å². The lowest BCUT2D eigenvalue weighted by molar-refractivity contribution is -0.133. The molecule has 0 atom stereocenters. The van der Waals surface area contributed by atoms with E-state index in [1.807, 2.05) is 0 Å². The van der Waals surface area contributed by atoms with Gasteiger partial charge in [-0.2, -0.15) is 0 Å². The molecule has 0 bridgehead atoms. The average molecular weight is 158 g/mol. The Morgan fingerprint density at radius 3 is 3.20 bits per heavy atom. The molecule has 10 heavy (non-hydrogen) atoms. The number of nitrogens with two attached hydrogens (primary N) is 1. The third-order valence-corrected chi connectivity index (χ3v) is 1.36. The second-order valence-electron chi connectivity index (χ2n) is 1.50. The van der Waals surface area contributed by atoms with Crippen LogP contribution in [0.2, 0.25) is 0 Å². The Morgan fingerprint density at radius 2 is 2.70 bits per heavy atom. The van der Waals surface area contributed by atoms with E-state index in [1.54, 1.807) is 10.9 Å². The molecule has 1 aromatic rings. The third-order valence-electron chi connectivity index (χ3n) is 0.795. The maximum atomic E-state index is 10.5. The van der Waals surface area contributed by atoms with E-state index >= 15 is 0 Å². The molecule has 5 heteroatoms. The number of thiazole rings is 1. The number of ether oxygens (including phenoxy) is 1. The van der Waals surface area contributed by atoms with E-state index in [0.29, 0.717) is 5.88 Å². The van der Waals surface area contributed by atoms with Crippen LogP contribution in [0.25, 0.3) is 0 Å². The highest BCUT2D eigenvalue weighted by Crippen LogP contribution is 2.08. The van der Waals surface area contributed by atoms with Crippen LogP contribution in [0.15, 0.2) is 10.9 Å². The van der Waals surface area contributed by atoms with E-state index in [-0.39, 0.29) is 6.54 Å². The van der Waals surface area contributed by atoms with Gasteiger partial charge in [-0.1, -0.05) is 0 Å². The zero-order valence-electron chi connectivity index (χ0n) is 5.11. The minimum Gasteiger partial charge on any atom is -0.406 e. The SMILES string of the molecule is NCC(=O)Oc1cscn1. The molecule has 0 amide bonds. The van der Waals surface area contributed by atoms with Gasteiger partial charge < -0.3 is 10.5 Å². The van der Waals surface area contributed by atoms with Gasteiger partial charge in [0.05, 0.1) is 17.4 Å². The summed E-state index contributed by atoms with van der Waals surface area (Å²) in [4.78, 5) is 14.2. The Morgan fingerprint density at radius 1 is 1.90 bits per heavy atom. The van der Waals surface area contributed by atoms with Crippen molar-refractivity contribution in [2.24, 2.45) is 5.73 Å². The molecule has 0 unspecified atom stereocenters. The van der Waals surface area contributed by atoms with E-state index in [4.69, 9.17) is 5.73 Å². The van der Waals surface area contributed by atoms with Crippen LogP contribution in [0.1, 0.15) is 0 Å². The Balaban J connectivity index is 2.48. The Hall–Kier alpha value is -0.940. The summed E-state index contributed by atoms with van der Waals surface area (Å²) in [5.74, 6) is -0.147. The van der Waals surface area contributed by atoms with E-state index in [2.05, 4.69) is 9.72 Å². The van der Waals surface area contributed by atoms with Gasteiger partial charge in [-0.15, -0.1) is 11.3 Å². The van der Waals surface area contributed by atoms with Gasteiger partial charge >= 0.3 is 5.97 Å². The molecule has 0 aliphatic heterocycles. The van der Waals surface area contributed by atoms with Crippen LogP contribution in [0.5, 0.6) is 5.88 Å². The molecule has 1 rings (SSSR count). The summed E-state index contributed by atoms with van der Waals surface area (Å²) in [5, 5.41) is 1.63. The van der Waals surface area contributed by atoms with Crippen molar-refractivity contribution in [1.29, 1.82) is 0 Å². The van der Waals surface area contributed by atoms with Gasteiger partial charge in [0.25, 0.3) is 0 Å². The van der Waals surface area contributed by atoms with Crippen LogP contribution >= 0.6 is 11.3 Å². The van der Waals surface area contributed by atoms with Crippen LogP contribution in [0.4, 0.5) is 0 Å². The normalized spacial score (nSPS) is 9.30. The molecule has 0 aliphatic rings. The predicted molar refractivity (Wildman–Crippen MR) is 36.8 cm³/mol. The fourth-order valence-corrected chi connectivity index (χ4v) is 0.861. The van der Waals surface area contributed by atoms with E-state index < -0.39 is 5.97 Å². The fraction of sp³-hybridized carbons (Fsp3) is 0.200. The summed E-state index contributed by atoms with van der Waals surface area (Å²) < 4.78 is 4.64. The predicted octanol–water partition coefficient (Wildman–Crippen LogP) is 0.00720. The molecule has 54 valence electrons. The van der Waals surface area contributed by atoms with E-state index in [9.17, 15) is 4.79 Å². The van der Waals surface area contributed by atoms with Gasteiger partial charge in [-0.3, -0.25) is 4.79 Å². The molecule has 0 saturated heterocycles. The highest BCUT2D eigenvalue weighted by Gasteiger charge is 2.01. The summed E-state index contributed by atoms with van der Waals surface area (Å²) in [7, 11) is 0. The number of esters is 1. The van der Waals surface area contributed by atoms with Crippen molar-refractivity contribution in [3.05, 3.63) is 10.9 Å². The van der Waals surface area contributed by atoms with Crippen molar-refractivity contribution >= 4 is 17.3 Å². The molecule has 1 heterocycles. The lowest BCUT2D eigenvalue weighted by Crippen LogP contribution is -2.19. The molecule has 0 radical (unpaired) electrons. The monoisotopic (exact) mass is 158 g/mol. The third kappa shape index (κ3) is 1.78. The molecule has 0 saturated carbocycles. The van der Waals surface area contributed by atoms with Crippen molar-refractivity contribution in [1.82, 2.24) is 4.98 Å². The van der Waals surface area contributed by atoms with Gasteiger partial charge in [0.15, 0.2) is 0 Å². The molecule has 0 fully saturated rings. The van der Waals surface area contributed by atoms with E-state index in [0.717, 1.165) is 0 Å². The average Bonchev–Trinajstić information content (AvgIpc) is 2.40. The van der Waals surface area contributed by atoms with Crippen LogP contribution in [0.3, 0.4) is 0 Å². The van der Waals surface area contributed by atoms with Crippen LogP contribution in [-0.4, -0.2) is 17.5 Å². The van der Waals surface area contributed by atoms with Gasteiger partial charge in [0.2, 0.25) is 5.88 Å². The van der Waals surface area contributed by atoms with E-state index in [1.165, 1.54) is 11.3 Å². The molecule has 1 aromatic heterocycles. The Bertz CT molecular complexity index is 209. The van der Waals surface area contributed by atoms with Gasteiger partial charge in [0.1, 0.15) is 0 Å². The smallest absolute Gasteiger partial charge is 0.326 e. The lowest BCUT2D eigenvalue weighted by Gasteiger charge is -1.94. The molecular weight excluding hydrogens is 152 g/mol. The summed E-state index contributed by atoms with van der Waals surface area (Å²) in [5.41, 5.74) is 6.57. The number of rotatable bonds is 2. The Kier molecular flexibility index (Phi) is 2.35. The summed E-state index contributed by atoms with van der Waals surface area (Å²) in [6.07, 6.45) is 0. The summed E-state index contributed by atoms with van der Waals surface area (Å²) >= 11 is 1.36. The number of nitrogens with zero attached hydrogens (tertiary/aromatic N) is 1. The first-order chi connectivity index (χ1) is 4.83. The molecule has 0 aliphatic carbocycles. The number of carbonyl (C=O) groups excluding carboxylic acids is 1. The minimum absolute atomic E-state index is 0.114. The first kappa shape index (κ1) is 7.17. The number of hydrogen-bond donors (Lipinski definition) is 1. The van der Waals surface area contributed by atoms with Crippen molar-refractivity contribution in [3.8, 4) is 5.88 Å². The van der Waals surface area contributed by atoms with Crippen LogP contribution in [-0.2, 0) is 4.79 Å². The summed E-state index contributed by atoms with van der Waals surface area (Å²) in [6, 6.07) is 0. The molecular formula is C5H6N2O2S. The quantitative estimate of drug-likeness (QED) is 0.615. The molecule has 4 nitrogen and oxygen atoms in total. The van der Waals surface area contributed by atoms with Crippen molar-refractivity contribution in [2.45, 2.75) is 0 Å². The number of hydrogen-bond acceptors (Lipinski definition) is 5. The maximum absolute atomic E-state index is 10.5. The lowest BCUT2D eigenvalue weighted by atomic mass is 10.7. The van der Waals surface area contributed by atoms with Crippen molar-refractivity contribution in [3.63, 3.8) is 0 Å². The first-order valence-corrected chi connectivity index (χ1v) is 3.56. The first-order valence-electron chi connectivity index (χ1n) is 2.62. The molecule has 0 spiro atoms. The molecule has 0 aromatic carbocycles. The standard InChI is InChI=1S/C5H6N2O2S/c6-1-5(8)9-4-2-10-3-7-4/h2-3H,1,6H2. The maximum Gasteiger partial charge on any atom is 0.326 e.